The number of aromatic nitrogens is 2. The number of carbonyl (C=O) groups excluding carboxylic acids is 1. The SMILES string of the molecule is Cc1sc2ncn(CC(=O)NN=Cc3ccc(Cl)cc3)c(=O)c2c1-c1ccccc1. The summed E-state index contributed by atoms with van der Waals surface area (Å²) in [6.45, 7) is 1.79. The minimum atomic E-state index is -0.420. The summed E-state index contributed by atoms with van der Waals surface area (Å²) in [5.41, 5.74) is 4.79. The molecule has 6 nitrogen and oxygen atoms in total. The monoisotopic (exact) mass is 436 g/mol. The van der Waals surface area contributed by atoms with Gasteiger partial charge in [-0.3, -0.25) is 14.2 Å². The Morgan fingerprint density at radius 3 is 2.67 bits per heavy atom. The van der Waals surface area contributed by atoms with Gasteiger partial charge in [0, 0.05) is 15.5 Å². The van der Waals surface area contributed by atoms with E-state index in [-0.39, 0.29) is 12.1 Å². The number of rotatable bonds is 5. The van der Waals surface area contributed by atoms with E-state index in [0.717, 1.165) is 21.6 Å². The summed E-state index contributed by atoms with van der Waals surface area (Å²) in [7, 11) is 0. The molecule has 2 heterocycles. The third kappa shape index (κ3) is 4.17. The van der Waals surface area contributed by atoms with Crippen LogP contribution < -0.4 is 11.0 Å². The lowest BCUT2D eigenvalue weighted by Crippen LogP contribution is -2.30. The van der Waals surface area contributed by atoms with Crippen LogP contribution in [-0.2, 0) is 11.3 Å². The van der Waals surface area contributed by atoms with E-state index in [2.05, 4.69) is 15.5 Å². The standard InChI is InChI=1S/C22H17ClN4O2S/c1-14-19(16-5-3-2-4-6-16)20-21(30-14)24-13-27(22(20)29)12-18(28)26-25-11-15-7-9-17(23)10-8-15/h2-11,13H,12H2,1H3,(H,26,28). The second-order valence-corrected chi connectivity index (χ2v) is 8.24. The summed E-state index contributed by atoms with van der Waals surface area (Å²) in [5.74, 6) is -0.420. The Kier molecular flexibility index (Phi) is 5.74. The molecule has 0 aliphatic carbocycles. The maximum Gasteiger partial charge on any atom is 0.263 e. The molecule has 2 aromatic carbocycles. The van der Waals surface area contributed by atoms with Gasteiger partial charge in [0.1, 0.15) is 11.4 Å². The van der Waals surface area contributed by atoms with E-state index in [1.807, 2.05) is 37.3 Å². The number of nitrogens with one attached hydrogen (secondary N) is 1. The highest BCUT2D eigenvalue weighted by molar-refractivity contribution is 7.19. The molecule has 150 valence electrons. The highest BCUT2D eigenvalue weighted by Crippen LogP contribution is 2.35. The Hall–Kier alpha value is -3.29. The van der Waals surface area contributed by atoms with Crippen LogP contribution in [0, 0.1) is 6.92 Å². The Bertz CT molecular complexity index is 1290. The molecule has 1 amide bonds. The molecule has 4 aromatic rings. The molecule has 4 rings (SSSR count). The first-order chi connectivity index (χ1) is 14.5. The summed E-state index contributed by atoms with van der Waals surface area (Å²) in [6, 6.07) is 16.7. The Balaban J connectivity index is 1.57. The number of thiophene rings is 1. The largest absolute Gasteiger partial charge is 0.289 e. The zero-order valence-corrected chi connectivity index (χ0v) is 17.6. The van der Waals surface area contributed by atoms with Crippen molar-refractivity contribution in [1.29, 1.82) is 0 Å². The van der Waals surface area contributed by atoms with Crippen LogP contribution in [0.5, 0.6) is 0 Å². The minimum Gasteiger partial charge on any atom is -0.289 e. The third-order valence-corrected chi connectivity index (χ3v) is 5.77. The molecule has 0 radical (unpaired) electrons. The fraction of sp³-hybridized carbons (Fsp3) is 0.0909. The molecule has 0 fully saturated rings. The predicted molar refractivity (Wildman–Crippen MR) is 121 cm³/mol. The van der Waals surface area contributed by atoms with Gasteiger partial charge < -0.3 is 0 Å². The molecule has 0 spiro atoms. The second-order valence-electron chi connectivity index (χ2n) is 6.60. The number of hydrogen-bond acceptors (Lipinski definition) is 5. The average molecular weight is 437 g/mol. The number of hydrazone groups is 1. The Labute approximate surface area is 181 Å². The highest BCUT2D eigenvalue weighted by Gasteiger charge is 2.17. The van der Waals surface area contributed by atoms with Crippen molar-refractivity contribution in [3.63, 3.8) is 0 Å². The van der Waals surface area contributed by atoms with Crippen molar-refractivity contribution in [1.82, 2.24) is 15.0 Å². The highest BCUT2D eigenvalue weighted by atomic mass is 35.5. The number of aryl methyl sites for hydroxylation is 1. The van der Waals surface area contributed by atoms with Crippen LogP contribution in [0.3, 0.4) is 0 Å². The van der Waals surface area contributed by atoms with Crippen LogP contribution in [0.25, 0.3) is 21.3 Å². The number of fused-ring (bicyclic) bond motifs is 1. The number of nitrogens with zero attached hydrogens (tertiary/aromatic N) is 3. The van der Waals surface area contributed by atoms with Gasteiger partial charge in [0.2, 0.25) is 0 Å². The predicted octanol–water partition coefficient (Wildman–Crippen LogP) is 4.24. The second kappa shape index (κ2) is 8.61. The van der Waals surface area contributed by atoms with Gasteiger partial charge in [-0.25, -0.2) is 10.4 Å². The smallest absolute Gasteiger partial charge is 0.263 e. The van der Waals surface area contributed by atoms with Gasteiger partial charge in [-0.1, -0.05) is 54.1 Å². The van der Waals surface area contributed by atoms with Crippen LogP contribution in [0.2, 0.25) is 5.02 Å². The number of carbonyl (C=O) groups is 1. The summed E-state index contributed by atoms with van der Waals surface area (Å²) >= 11 is 7.31. The van der Waals surface area contributed by atoms with E-state index in [1.54, 1.807) is 24.3 Å². The lowest BCUT2D eigenvalue weighted by atomic mass is 10.0. The van der Waals surface area contributed by atoms with Crippen molar-refractivity contribution in [2.75, 3.05) is 0 Å². The quantitative estimate of drug-likeness (QED) is 0.375. The normalized spacial score (nSPS) is 11.3. The van der Waals surface area contributed by atoms with Crippen LogP contribution in [0.15, 0.2) is 70.8 Å². The fourth-order valence-electron chi connectivity index (χ4n) is 3.12. The topological polar surface area (TPSA) is 76.3 Å². The van der Waals surface area contributed by atoms with Gasteiger partial charge >= 0.3 is 0 Å². The number of halogens is 1. The van der Waals surface area contributed by atoms with Crippen molar-refractivity contribution < 1.29 is 4.79 Å². The Morgan fingerprint density at radius 2 is 1.93 bits per heavy atom. The number of benzene rings is 2. The minimum absolute atomic E-state index is 0.178. The van der Waals surface area contributed by atoms with E-state index in [1.165, 1.54) is 28.4 Å². The van der Waals surface area contributed by atoms with Gasteiger partial charge in [0.05, 0.1) is 17.9 Å². The summed E-state index contributed by atoms with van der Waals surface area (Å²) in [5, 5.41) is 5.08. The van der Waals surface area contributed by atoms with Crippen molar-refractivity contribution in [3.8, 4) is 11.1 Å². The first-order valence-electron chi connectivity index (χ1n) is 9.14. The molecule has 0 atom stereocenters. The van der Waals surface area contributed by atoms with Crippen molar-refractivity contribution in [2.45, 2.75) is 13.5 Å². The van der Waals surface area contributed by atoms with E-state index in [4.69, 9.17) is 11.6 Å². The first-order valence-corrected chi connectivity index (χ1v) is 10.3. The zero-order valence-electron chi connectivity index (χ0n) is 16.0. The molecule has 30 heavy (non-hydrogen) atoms. The average Bonchev–Trinajstić information content (AvgIpc) is 3.09. The van der Waals surface area contributed by atoms with Gasteiger partial charge in [-0.15, -0.1) is 11.3 Å². The van der Waals surface area contributed by atoms with E-state index < -0.39 is 5.91 Å². The fourth-order valence-corrected chi connectivity index (χ4v) is 4.25. The molecule has 0 bridgehead atoms. The van der Waals surface area contributed by atoms with Gasteiger partial charge in [0.15, 0.2) is 0 Å². The molecule has 0 aliphatic heterocycles. The summed E-state index contributed by atoms with van der Waals surface area (Å²) in [6.07, 6.45) is 2.91. The molecule has 0 unspecified atom stereocenters. The van der Waals surface area contributed by atoms with Crippen LogP contribution in [0.1, 0.15) is 10.4 Å². The number of hydrogen-bond donors (Lipinski definition) is 1. The lowest BCUT2D eigenvalue weighted by molar-refractivity contribution is -0.121. The van der Waals surface area contributed by atoms with Crippen molar-refractivity contribution in [2.24, 2.45) is 5.10 Å². The first kappa shape index (κ1) is 20.0. The molecule has 2 aromatic heterocycles. The van der Waals surface area contributed by atoms with Crippen LogP contribution >= 0.6 is 22.9 Å². The zero-order chi connectivity index (χ0) is 21.1. The molecule has 0 saturated carbocycles. The Morgan fingerprint density at radius 1 is 1.20 bits per heavy atom. The van der Waals surface area contributed by atoms with Crippen molar-refractivity contribution in [3.05, 3.63) is 86.7 Å². The summed E-state index contributed by atoms with van der Waals surface area (Å²) < 4.78 is 1.30. The van der Waals surface area contributed by atoms with Gasteiger partial charge in [-0.05, 0) is 30.2 Å². The molecule has 0 aliphatic rings. The third-order valence-electron chi connectivity index (χ3n) is 4.50. The summed E-state index contributed by atoms with van der Waals surface area (Å²) in [4.78, 5) is 31.4. The van der Waals surface area contributed by atoms with Gasteiger partial charge in [0.25, 0.3) is 11.5 Å². The molecular formula is C22H17ClN4O2S. The molecule has 1 N–H and O–H groups in total. The van der Waals surface area contributed by atoms with Crippen molar-refractivity contribution >= 4 is 45.3 Å². The number of amides is 1. The van der Waals surface area contributed by atoms with E-state index in [0.29, 0.717) is 15.2 Å². The molecule has 0 saturated heterocycles. The maximum atomic E-state index is 13.1. The van der Waals surface area contributed by atoms with E-state index >= 15 is 0 Å². The van der Waals surface area contributed by atoms with Gasteiger partial charge in [-0.2, -0.15) is 5.10 Å². The molecule has 8 heteroatoms. The molecular weight excluding hydrogens is 420 g/mol. The maximum absolute atomic E-state index is 13.1. The van der Waals surface area contributed by atoms with Crippen LogP contribution in [0.4, 0.5) is 0 Å². The lowest BCUT2D eigenvalue weighted by Gasteiger charge is -2.06. The van der Waals surface area contributed by atoms with Crippen LogP contribution in [-0.4, -0.2) is 21.7 Å². The van der Waals surface area contributed by atoms with E-state index in [9.17, 15) is 9.59 Å².